The summed E-state index contributed by atoms with van der Waals surface area (Å²) in [5.74, 6) is -1.00. The van der Waals surface area contributed by atoms with Gasteiger partial charge in [-0.05, 0) is 36.8 Å². The lowest BCUT2D eigenvalue weighted by molar-refractivity contribution is 0.0952. The van der Waals surface area contributed by atoms with E-state index < -0.39 is 5.91 Å². The van der Waals surface area contributed by atoms with E-state index in [1.807, 2.05) is 0 Å². The average Bonchev–Trinajstić information content (AvgIpc) is 2.45. The molecular formula is C15H13ClN2O3. The zero-order valence-corrected chi connectivity index (χ0v) is 11.9. The summed E-state index contributed by atoms with van der Waals surface area (Å²) in [6.07, 6.45) is 0. The van der Waals surface area contributed by atoms with E-state index in [0.717, 1.165) is 11.6 Å². The van der Waals surface area contributed by atoms with E-state index in [4.69, 9.17) is 11.6 Å². The quantitative estimate of drug-likeness (QED) is 0.602. The summed E-state index contributed by atoms with van der Waals surface area (Å²) in [5, 5.41) is 23.3. The van der Waals surface area contributed by atoms with Crippen LogP contribution in [0.5, 0.6) is 11.5 Å². The first-order chi connectivity index (χ1) is 9.97. The molecule has 0 bridgehead atoms. The van der Waals surface area contributed by atoms with Gasteiger partial charge in [0, 0.05) is 11.1 Å². The van der Waals surface area contributed by atoms with Crippen molar-refractivity contribution in [3.05, 3.63) is 58.6 Å². The molecule has 1 amide bonds. The number of phenols is 2. The fourth-order valence-corrected chi connectivity index (χ4v) is 1.79. The molecule has 2 aromatic rings. The van der Waals surface area contributed by atoms with E-state index >= 15 is 0 Å². The van der Waals surface area contributed by atoms with Gasteiger partial charge in [-0.1, -0.05) is 23.7 Å². The number of phenolic OH excluding ortho intramolecular Hbond substituents is 2. The van der Waals surface area contributed by atoms with Crippen molar-refractivity contribution in [3.8, 4) is 11.5 Å². The van der Waals surface area contributed by atoms with Gasteiger partial charge in [-0.3, -0.25) is 4.79 Å². The molecule has 0 heterocycles. The highest BCUT2D eigenvalue weighted by atomic mass is 35.5. The number of nitrogens with one attached hydrogen (secondary N) is 1. The van der Waals surface area contributed by atoms with Crippen LogP contribution in [0.1, 0.15) is 22.8 Å². The summed E-state index contributed by atoms with van der Waals surface area (Å²) < 4.78 is 0. The molecule has 0 radical (unpaired) electrons. The number of hydrogen-bond acceptors (Lipinski definition) is 4. The minimum Gasteiger partial charge on any atom is -0.508 e. The van der Waals surface area contributed by atoms with E-state index in [1.54, 1.807) is 31.2 Å². The van der Waals surface area contributed by atoms with Crippen LogP contribution < -0.4 is 5.43 Å². The predicted octanol–water partition coefficient (Wildman–Crippen LogP) is 2.91. The van der Waals surface area contributed by atoms with E-state index in [2.05, 4.69) is 10.5 Å². The standard InChI is InChI=1S/C15H13ClN2O3/c1-9(10-2-4-11(16)5-3-10)17-18-15(21)13-7-6-12(19)8-14(13)20/h2-8,19-20H,1H3,(H,18,21)/b17-9+. The summed E-state index contributed by atoms with van der Waals surface area (Å²) in [5.41, 5.74) is 3.78. The molecule has 108 valence electrons. The van der Waals surface area contributed by atoms with Crippen molar-refractivity contribution < 1.29 is 15.0 Å². The van der Waals surface area contributed by atoms with Gasteiger partial charge in [-0.2, -0.15) is 5.10 Å². The molecule has 2 rings (SSSR count). The summed E-state index contributed by atoms with van der Waals surface area (Å²) in [4.78, 5) is 11.9. The third kappa shape index (κ3) is 3.73. The Morgan fingerprint density at radius 1 is 1.14 bits per heavy atom. The molecule has 2 aromatic carbocycles. The lowest BCUT2D eigenvalue weighted by Crippen LogP contribution is -2.19. The molecule has 0 aliphatic carbocycles. The summed E-state index contributed by atoms with van der Waals surface area (Å²) in [7, 11) is 0. The smallest absolute Gasteiger partial charge is 0.275 e. The fraction of sp³-hybridized carbons (Fsp3) is 0.0667. The molecule has 0 spiro atoms. The van der Waals surface area contributed by atoms with E-state index in [9.17, 15) is 15.0 Å². The topological polar surface area (TPSA) is 81.9 Å². The predicted molar refractivity (Wildman–Crippen MR) is 80.9 cm³/mol. The molecule has 5 nitrogen and oxygen atoms in total. The number of rotatable bonds is 3. The lowest BCUT2D eigenvalue weighted by atomic mass is 10.1. The van der Waals surface area contributed by atoms with Crippen LogP contribution in [-0.4, -0.2) is 21.8 Å². The number of amides is 1. The van der Waals surface area contributed by atoms with Gasteiger partial charge in [-0.25, -0.2) is 5.43 Å². The van der Waals surface area contributed by atoms with Crippen molar-refractivity contribution in [1.82, 2.24) is 5.43 Å². The van der Waals surface area contributed by atoms with Crippen LogP contribution in [0.3, 0.4) is 0 Å². The number of carbonyl (C=O) groups is 1. The number of benzene rings is 2. The fourth-order valence-electron chi connectivity index (χ4n) is 1.66. The van der Waals surface area contributed by atoms with E-state index in [-0.39, 0.29) is 17.1 Å². The third-order valence-electron chi connectivity index (χ3n) is 2.81. The Labute approximate surface area is 126 Å². The summed E-state index contributed by atoms with van der Waals surface area (Å²) in [6, 6.07) is 10.7. The maximum absolute atomic E-state index is 11.9. The number of carbonyl (C=O) groups excluding carboxylic acids is 1. The average molecular weight is 305 g/mol. The molecule has 3 N–H and O–H groups in total. The molecule has 0 aliphatic heterocycles. The van der Waals surface area contributed by atoms with Gasteiger partial charge in [0.05, 0.1) is 11.3 Å². The van der Waals surface area contributed by atoms with Crippen molar-refractivity contribution in [1.29, 1.82) is 0 Å². The maximum atomic E-state index is 11.9. The van der Waals surface area contributed by atoms with Gasteiger partial charge >= 0.3 is 0 Å². The van der Waals surface area contributed by atoms with Crippen molar-refractivity contribution in [3.63, 3.8) is 0 Å². The SMILES string of the molecule is C/C(=N\NC(=O)c1ccc(O)cc1O)c1ccc(Cl)cc1. The monoisotopic (exact) mass is 304 g/mol. The molecule has 0 saturated heterocycles. The normalized spacial score (nSPS) is 11.2. The Morgan fingerprint density at radius 2 is 1.81 bits per heavy atom. The van der Waals surface area contributed by atoms with Crippen LogP contribution >= 0.6 is 11.6 Å². The van der Waals surface area contributed by atoms with Crippen LogP contribution in [0.15, 0.2) is 47.6 Å². The molecule has 0 unspecified atom stereocenters. The van der Waals surface area contributed by atoms with Gasteiger partial charge in [0.25, 0.3) is 5.91 Å². The molecule has 0 fully saturated rings. The highest BCUT2D eigenvalue weighted by molar-refractivity contribution is 6.30. The first kappa shape index (κ1) is 14.9. The van der Waals surface area contributed by atoms with Crippen LogP contribution in [0.2, 0.25) is 5.02 Å². The number of aromatic hydroxyl groups is 2. The first-order valence-electron chi connectivity index (χ1n) is 6.10. The van der Waals surface area contributed by atoms with Crippen molar-refractivity contribution in [2.75, 3.05) is 0 Å². The van der Waals surface area contributed by atoms with Gasteiger partial charge < -0.3 is 10.2 Å². The number of hydrogen-bond donors (Lipinski definition) is 3. The molecule has 0 aliphatic rings. The van der Waals surface area contributed by atoms with E-state index in [0.29, 0.717) is 10.7 Å². The largest absolute Gasteiger partial charge is 0.508 e. The zero-order valence-electron chi connectivity index (χ0n) is 11.2. The minimum absolute atomic E-state index is 0.0282. The van der Waals surface area contributed by atoms with Gasteiger partial charge in [-0.15, -0.1) is 0 Å². The van der Waals surface area contributed by atoms with Crippen molar-refractivity contribution in [2.24, 2.45) is 5.10 Å². The van der Waals surface area contributed by atoms with E-state index in [1.165, 1.54) is 12.1 Å². The highest BCUT2D eigenvalue weighted by Gasteiger charge is 2.11. The van der Waals surface area contributed by atoms with Crippen LogP contribution in [0, 0.1) is 0 Å². The minimum atomic E-state index is -0.569. The Bertz CT molecular complexity index is 697. The van der Waals surface area contributed by atoms with Crippen molar-refractivity contribution in [2.45, 2.75) is 6.92 Å². The second kappa shape index (κ2) is 6.28. The highest BCUT2D eigenvalue weighted by Crippen LogP contribution is 2.22. The van der Waals surface area contributed by atoms with Gasteiger partial charge in [0.1, 0.15) is 11.5 Å². The van der Waals surface area contributed by atoms with Crippen LogP contribution in [-0.2, 0) is 0 Å². The van der Waals surface area contributed by atoms with Gasteiger partial charge in [0.15, 0.2) is 0 Å². The molecule has 0 atom stereocenters. The molecule has 0 saturated carbocycles. The van der Waals surface area contributed by atoms with Gasteiger partial charge in [0.2, 0.25) is 0 Å². The Hall–Kier alpha value is -2.53. The summed E-state index contributed by atoms with van der Waals surface area (Å²) in [6.45, 7) is 1.74. The second-order valence-electron chi connectivity index (χ2n) is 4.35. The number of nitrogens with zero attached hydrogens (tertiary/aromatic N) is 1. The Morgan fingerprint density at radius 3 is 2.43 bits per heavy atom. The molecule has 0 aromatic heterocycles. The Balaban J connectivity index is 2.12. The second-order valence-corrected chi connectivity index (χ2v) is 4.78. The Kier molecular flexibility index (Phi) is 4.45. The maximum Gasteiger partial charge on any atom is 0.275 e. The number of halogens is 1. The lowest BCUT2D eigenvalue weighted by Gasteiger charge is -2.05. The molecular weight excluding hydrogens is 292 g/mol. The zero-order chi connectivity index (χ0) is 15.4. The van der Waals surface area contributed by atoms with Crippen LogP contribution in [0.4, 0.5) is 0 Å². The number of hydrazone groups is 1. The molecule has 6 heteroatoms. The van der Waals surface area contributed by atoms with Crippen LogP contribution in [0.25, 0.3) is 0 Å². The van der Waals surface area contributed by atoms with Crippen molar-refractivity contribution >= 4 is 23.2 Å². The third-order valence-corrected chi connectivity index (χ3v) is 3.07. The summed E-state index contributed by atoms with van der Waals surface area (Å²) >= 11 is 5.80. The first-order valence-corrected chi connectivity index (χ1v) is 6.47. The molecule has 21 heavy (non-hydrogen) atoms.